The third-order valence-electron chi connectivity index (χ3n) is 11.4. The number of carbonyl (C=O) groups excluding carboxylic acids is 2. The van der Waals surface area contributed by atoms with E-state index in [9.17, 15) is 9.59 Å². The van der Waals surface area contributed by atoms with Crippen LogP contribution in [0.3, 0.4) is 0 Å². The van der Waals surface area contributed by atoms with Crippen LogP contribution in [0.5, 0.6) is 0 Å². The molecule has 8 heteroatoms. The van der Waals surface area contributed by atoms with Gasteiger partial charge in [-0.1, -0.05) is 60.7 Å². The molecule has 0 unspecified atom stereocenters. The van der Waals surface area contributed by atoms with E-state index < -0.39 is 11.8 Å². The van der Waals surface area contributed by atoms with Crippen LogP contribution < -0.4 is 34.0 Å². The second kappa shape index (κ2) is 18.7. The lowest BCUT2D eigenvalue weighted by molar-refractivity contribution is -0.931. The number of benzene rings is 2. The van der Waals surface area contributed by atoms with Crippen molar-refractivity contribution in [1.29, 1.82) is 0 Å². The molecular weight excluding hydrogens is 708 g/mol. The molecule has 2 aromatic carbocycles. The summed E-state index contributed by atoms with van der Waals surface area (Å²) in [5.74, 6) is -1.70. The van der Waals surface area contributed by atoms with Gasteiger partial charge >= 0.3 is 11.9 Å². The molecule has 256 valence electrons. The third-order valence-corrected chi connectivity index (χ3v) is 11.4. The number of ether oxygens (including phenoxy) is 2. The first-order valence-electron chi connectivity index (χ1n) is 17.6. The summed E-state index contributed by atoms with van der Waals surface area (Å²) in [5, 5.41) is 0. The van der Waals surface area contributed by atoms with Crippen molar-refractivity contribution in [1.82, 2.24) is 0 Å². The molecule has 0 aromatic heterocycles. The van der Waals surface area contributed by atoms with Crippen LogP contribution in [0.1, 0.15) is 88.2 Å². The van der Waals surface area contributed by atoms with Crippen molar-refractivity contribution < 1.29 is 62.0 Å². The van der Waals surface area contributed by atoms with Crippen LogP contribution in [0.2, 0.25) is 0 Å². The minimum absolute atomic E-state index is 0. The first-order chi connectivity index (χ1) is 21.5. The van der Waals surface area contributed by atoms with Gasteiger partial charge in [-0.05, 0) is 63.5 Å². The van der Waals surface area contributed by atoms with Gasteiger partial charge in [-0.25, -0.2) is 0 Å². The summed E-state index contributed by atoms with van der Waals surface area (Å²) in [4.78, 5) is 27.8. The van der Waals surface area contributed by atoms with Gasteiger partial charge in [0.15, 0.2) is 0 Å². The van der Waals surface area contributed by atoms with Gasteiger partial charge in [0.25, 0.3) is 0 Å². The Morgan fingerprint density at radius 1 is 0.587 bits per heavy atom. The molecule has 1 saturated carbocycles. The standard InChI is InChI=1S/C38H56N2O4.2BrH/c1-3-39(23-13-7-14-24-39)27-17-29-43-37(41)35-33(31-19-9-5-10-20-31)36(34(35)32-21-11-6-12-22-32)38(42)44-30-18-28-40(4-2)25-15-8-16-26-40;;/h5-6,9-12,19-22,33-36H,3-4,7-8,13-18,23-30H2,1-2H3;2*1H/q+2;;/p-2. The van der Waals surface area contributed by atoms with E-state index in [1.165, 1.54) is 64.7 Å². The SMILES string of the molecule is CC[N+]1(CCCOC(=O)C2C(c3ccccc3)C(C(=O)OCCC[N+]3(CC)CCCCC3)C2c2ccccc2)CCCCC1.[Br-].[Br-]. The highest BCUT2D eigenvalue weighted by Crippen LogP contribution is 2.58. The summed E-state index contributed by atoms with van der Waals surface area (Å²) in [7, 11) is 0. The summed E-state index contributed by atoms with van der Waals surface area (Å²) in [6.07, 6.45) is 9.60. The van der Waals surface area contributed by atoms with Crippen molar-refractivity contribution in [2.24, 2.45) is 11.8 Å². The zero-order valence-corrected chi connectivity index (χ0v) is 31.3. The number of rotatable bonds is 14. The Balaban J connectivity index is 0.00000288. The molecule has 3 aliphatic rings. The van der Waals surface area contributed by atoms with Crippen LogP contribution in [0.25, 0.3) is 0 Å². The van der Waals surface area contributed by atoms with Gasteiger partial charge in [0.1, 0.15) is 0 Å². The number of carbonyl (C=O) groups is 2. The fourth-order valence-corrected chi connectivity index (χ4v) is 8.61. The maximum absolute atomic E-state index is 13.9. The van der Waals surface area contributed by atoms with E-state index in [2.05, 4.69) is 13.8 Å². The zero-order valence-electron chi connectivity index (χ0n) is 28.1. The molecule has 2 saturated heterocycles. The number of esters is 2. The van der Waals surface area contributed by atoms with E-state index in [4.69, 9.17) is 9.47 Å². The maximum atomic E-state index is 13.9. The van der Waals surface area contributed by atoms with Crippen molar-refractivity contribution in [2.75, 3.05) is 65.6 Å². The Morgan fingerprint density at radius 3 is 1.26 bits per heavy atom. The highest BCUT2D eigenvalue weighted by atomic mass is 79.9. The van der Waals surface area contributed by atoms with Crippen LogP contribution in [0, 0.1) is 11.8 Å². The topological polar surface area (TPSA) is 52.6 Å². The minimum atomic E-state index is -0.413. The maximum Gasteiger partial charge on any atom is 0.310 e. The van der Waals surface area contributed by atoms with E-state index in [1.807, 2.05) is 60.7 Å². The molecule has 0 amide bonds. The lowest BCUT2D eigenvalue weighted by Gasteiger charge is -2.49. The molecule has 1 aliphatic carbocycles. The number of likely N-dealkylation sites (tertiary alicyclic amines) is 2. The minimum Gasteiger partial charge on any atom is -1.00 e. The van der Waals surface area contributed by atoms with Gasteiger partial charge in [-0.2, -0.15) is 0 Å². The Labute approximate surface area is 298 Å². The Hall–Kier alpha value is -1.74. The molecule has 0 atom stereocenters. The zero-order chi connectivity index (χ0) is 30.8. The van der Waals surface area contributed by atoms with Gasteiger partial charge in [-0.3, -0.25) is 9.59 Å². The smallest absolute Gasteiger partial charge is 0.310 e. The summed E-state index contributed by atoms with van der Waals surface area (Å²) >= 11 is 0. The van der Waals surface area contributed by atoms with E-state index in [0.717, 1.165) is 59.1 Å². The average Bonchev–Trinajstić information content (AvgIpc) is 3.06. The Morgan fingerprint density at radius 2 is 0.935 bits per heavy atom. The first-order valence-corrected chi connectivity index (χ1v) is 17.6. The molecule has 0 bridgehead atoms. The third kappa shape index (κ3) is 9.24. The molecule has 46 heavy (non-hydrogen) atoms. The summed E-state index contributed by atoms with van der Waals surface area (Å²) in [6, 6.07) is 20.1. The molecule has 2 heterocycles. The second-order valence-corrected chi connectivity index (χ2v) is 13.7. The molecule has 2 aliphatic heterocycles. The van der Waals surface area contributed by atoms with Crippen molar-refractivity contribution >= 4 is 11.9 Å². The highest BCUT2D eigenvalue weighted by Gasteiger charge is 2.59. The van der Waals surface area contributed by atoms with E-state index in [1.54, 1.807) is 0 Å². The average molecular weight is 765 g/mol. The van der Waals surface area contributed by atoms with Gasteiger partial charge in [0.05, 0.1) is 77.4 Å². The largest absolute Gasteiger partial charge is 1.00 e. The van der Waals surface area contributed by atoms with E-state index in [-0.39, 0.29) is 57.7 Å². The highest BCUT2D eigenvalue weighted by molar-refractivity contribution is 5.85. The molecule has 0 radical (unpaired) electrons. The molecule has 2 aromatic rings. The normalized spacial score (nSPS) is 24.7. The van der Waals surface area contributed by atoms with Gasteiger partial charge < -0.3 is 52.4 Å². The van der Waals surface area contributed by atoms with Crippen LogP contribution in [-0.4, -0.2) is 86.5 Å². The molecule has 3 fully saturated rings. The number of piperidine rings is 2. The Bertz CT molecular complexity index is 1080. The first kappa shape index (κ1) is 38.7. The molecule has 6 nitrogen and oxygen atoms in total. The quantitative estimate of drug-likeness (QED) is 0.162. The van der Waals surface area contributed by atoms with E-state index in [0.29, 0.717) is 13.2 Å². The lowest BCUT2D eigenvalue weighted by atomic mass is 9.52. The predicted octanol–water partition coefficient (Wildman–Crippen LogP) is 0.716. The lowest BCUT2D eigenvalue weighted by Crippen LogP contribution is -3.00. The molecule has 0 spiro atoms. The monoisotopic (exact) mass is 762 g/mol. The molecule has 0 N–H and O–H groups in total. The predicted molar refractivity (Wildman–Crippen MR) is 175 cm³/mol. The van der Waals surface area contributed by atoms with Crippen molar-refractivity contribution in [3.63, 3.8) is 0 Å². The van der Waals surface area contributed by atoms with E-state index >= 15 is 0 Å². The van der Waals surface area contributed by atoms with Crippen LogP contribution >= 0.6 is 0 Å². The van der Waals surface area contributed by atoms with Gasteiger partial charge in [0, 0.05) is 24.7 Å². The second-order valence-electron chi connectivity index (χ2n) is 13.7. The molecular formula is C38H56Br2N2O4. The Kier molecular flexibility index (Phi) is 15.7. The summed E-state index contributed by atoms with van der Waals surface area (Å²) in [6.45, 7) is 14.8. The number of halogens is 2. The molecule has 5 rings (SSSR count). The van der Waals surface area contributed by atoms with Crippen LogP contribution in [0.15, 0.2) is 60.7 Å². The van der Waals surface area contributed by atoms with Gasteiger partial charge in [-0.15, -0.1) is 0 Å². The number of quaternary nitrogens is 2. The number of nitrogens with zero attached hydrogens (tertiary/aromatic N) is 2. The van der Waals surface area contributed by atoms with Crippen LogP contribution in [0.4, 0.5) is 0 Å². The summed E-state index contributed by atoms with van der Waals surface area (Å²) < 4.78 is 14.4. The van der Waals surface area contributed by atoms with Crippen molar-refractivity contribution in [3.05, 3.63) is 71.8 Å². The number of hydrogen-bond donors (Lipinski definition) is 0. The van der Waals surface area contributed by atoms with Crippen LogP contribution in [-0.2, 0) is 19.1 Å². The van der Waals surface area contributed by atoms with Crippen molar-refractivity contribution in [3.8, 4) is 0 Å². The van der Waals surface area contributed by atoms with Crippen molar-refractivity contribution in [2.45, 2.75) is 77.0 Å². The fourth-order valence-electron chi connectivity index (χ4n) is 8.61. The summed E-state index contributed by atoms with van der Waals surface area (Å²) in [5.41, 5.74) is 2.02. The van der Waals surface area contributed by atoms with Gasteiger partial charge in [0.2, 0.25) is 0 Å². The fraction of sp³-hybridized carbons (Fsp3) is 0.632. The number of hydrogen-bond acceptors (Lipinski definition) is 4.